The van der Waals surface area contributed by atoms with Crippen molar-refractivity contribution in [2.45, 2.75) is 13.0 Å². The van der Waals surface area contributed by atoms with Gasteiger partial charge < -0.3 is 5.32 Å². The normalized spacial score (nSPS) is 16.7. The van der Waals surface area contributed by atoms with Gasteiger partial charge in [-0.3, -0.25) is 14.7 Å². The highest BCUT2D eigenvalue weighted by molar-refractivity contribution is 7.99. The van der Waals surface area contributed by atoms with Crippen LogP contribution in [-0.2, 0) is 4.79 Å². The molecule has 0 bridgehead atoms. The van der Waals surface area contributed by atoms with E-state index >= 15 is 0 Å². The number of pyridine rings is 2. The van der Waals surface area contributed by atoms with Gasteiger partial charge >= 0.3 is 0 Å². The summed E-state index contributed by atoms with van der Waals surface area (Å²) in [6.07, 6.45) is 3.49. The minimum atomic E-state index is -0.131. The van der Waals surface area contributed by atoms with Crippen LogP contribution < -0.4 is 5.32 Å². The first-order valence-corrected chi connectivity index (χ1v) is 8.89. The molecule has 1 aliphatic heterocycles. The van der Waals surface area contributed by atoms with Crippen LogP contribution in [0.5, 0.6) is 0 Å². The Balaban J connectivity index is 1.62. The lowest BCUT2D eigenvalue weighted by Gasteiger charge is -2.30. The van der Waals surface area contributed by atoms with Gasteiger partial charge in [0.15, 0.2) is 0 Å². The van der Waals surface area contributed by atoms with Gasteiger partial charge in [-0.25, -0.2) is 4.98 Å². The highest BCUT2D eigenvalue weighted by Gasteiger charge is 2.23. The van der Waals surface area contributed by atoms with Crippen LogP contribution in [0.3, 0.4) is 0 Å². The molecule has 120 valence electrons. The monoisotopic (exact) mass is 328 g/mol. The number of nitrogens with one attached hydrogen (secondary N) is 1. The average molecular weight is 328 g/mol. The number of hydrogen-bond donors (Lipinski definition) is 1. The molecule has 1 amide bonds. The molecule has 3 heterocycles. The van der Waals surface area contributed by atoms with Crippen molar-refractivity contribution in [2.75, 3.05) is 29.9 Å². The lowest BCUT2D eigenvalue weighted by molar-refractivity contribution is -0.120. The Kier molecular flexibility index (Phi) is 5.25. The van der Waals surface area contributed by atoms with E-state index < -0.39 is 0 Å². The van der Waals surface area contributed by atoms with Gasteiger partial charge in [-0.05, 0) is 31.2 Å². The smallest absolute Gasteiger partial charge is 0.242 e. The molecule has 0 spiro atoms. The number of thioether (sulfide) groups is 1. The topological polar surface area (TPSA) is 58.1 Å². The summed E-state index contributed by atoms with van der Waals surface area (Å²) >= 11 is 1.94. The first-order chi connectivity index (χ1) is 11.2. The zero-order valence-electron chi connectivity index (χ0n) is 13.1. The van der Waals surface area contributed by atoms with E-state index in [4.69, 9.17) is 0 Å². The third kappa shape index (κ3) is 4.09. The number of carbonyl (C=O) groups is 1. The summed E-state index contributed by atoms with van der Waals surface area (Å²) in [7, 11) is 0. The average Bonchev–Trinajstić information content (AvgIpc) is 2.63. The zero-order valence-corrected chi connectivity index (χ0v) is 13.9. The lowest BCUT2D eigenvalue weighted by atomic mass is 10.2. The summed E-state index contributed by atoms with van der Waals surface area (Å²) in [5.41, 5.74) is 1.81. The fourth-order valence-corrected chi connectivity index (χ4v) is 3.45. The van der Waals surface area contributed by atoms with Gasteiger partial charge in [-0.2, -0.15) is 11.8 Å². The number of carbonyl (C=O) groups excluding carboxylic acids is 1. The maximum absolute atomic E-state index is 12.4. The Morgan fingerprint density at radius 2 is 2.04 bits per heavy atom. The van der Waals surface area contributed by atoms with E-state index in [0.717, 1.165) is 35.9 Å². The Hall–Kier alpha value is -1.92. The molecule has 6 heteroatoms. The fourth-order valence-electron chi connectivity index (χ4n) is 2.51. The fraction of sp³-hybridized carbons (Fsp3) is 0.353. The van der Waals surface area contributed by atoms with E-state index in [0.29, 0.717) is 5.82 Å². The molecule has 1 saturated heterocycles. The molecule has 5 nitrogen and oxygen atoms in total. The van der Waals surface area contributed by atoms with Crippen LogP contribution in [0, 0.1) is 0 Å². The molecule has 1 fully saturated rings. The Morgan fingerprint density at radius 3 is 2.70 bits per heavy atom. The summed E-state index contributed by atoms with van der Waals surface area (Å²) in [5.74, 6) is 2.76. The number of anilines is 1. The molecule has 2 aromatic rings. The molecule has 1 aliphatic rings. The van der Waals surface area contributed by atoms with Crippen molar-refractivity contribution in [1.82, 2.24) is 14.9 Å². The number of rotatable bonds is 4. The molecule has 1 N–H and O–H groups in total. The van der Waals surface area contributed by atoms with Crippen molar-refractivity contribution in [3.8, 4) is 11.3 Å². The molecular weight excluding hydrogens is 308 g/mol. The van der Waals surface area contributed by atoms with Crippen LogP contribution in [0.1, 0.15) is 6.92 Å². The largest absolute Gasteiger partial charge is 0.309 e. The molecule has 0 aromatic carbocycles. The van der Waals surface area contributed by atoms with Crippen LogP contribution in [-0.4, -0.2) is 51.4 Å². The van der Waals surface area contributed by atoms with Crippen LogP contribution in [0.4, 0.5) is 5.82 Å². The van der Waals surface area contributed by atoms with Gasteiger partial charge in [0.2, 0.25) is 5.91 Å². The number of aromatic nitrogens is 2. The maximum atomic E-state index is 12.4. The summed E-state index contributed by atoms with van der Waals surface area (Å²) < 4.78 is 0. The van der Waals surface area contributed by atoms with Gasteiger partial charge in [0, 0.05) is 42.6 Å². The van der Waals surface area contributed by atoms with Crippen molar-refractivity contribution in [3.63, 3.8) is 0 Å². The number of hydrogen-bond acceptors (Lipinski definition) is 5. The standard InChI is InChI=1S/C17H20N4OS/c1-13(21-8-10-23-11-9-21)17(22)20-16-6-5-14(12-19-16)15-4-2-3-7-18-15/h2-7,12-13H,8-11H2,1H3,(H,19,20,22)/t13-/m0/s1. The third-order valence-electron chi connectivity index (χ3n) is 3.95. The Bertz CT molecular complexity index is 641. The van der Waals surface area contributed by atoms with Crippen molar-refractivity contribution < 1.29 is 4.79 Å². The Labute approximate surface area is 140 Å². The number of amides is 1. The molecule has 0 radical (unpaired) electrons. The van der Waals surface area contributed by atoms with Gasteiger partial charge in [-0.15, -0.1) is 0 Å². The second kappa shape index (κ2) is 7.57. The van der Waals surface area contributed by atoms with E-state index in [9.17, 15) is 4.79 Å². The predicted molar refractivity (Wildman–Crippen MR) is 94.5 cm³/mol. The van der Waals surface area contributed by atoms with Crippen LogP contribution >= 0.6 is 11.8 Å². The molecule has 2 aromatic heterocycles. The molecule has 3 rings (SSSR count). The molecule has 1 atom stereocenters. The van der Waals surface area contributed by atoms with Crippen LogP contribution in [0.25, 0.3) is 11.3 Å². The van der Waals surface area contributed by atoms with Crippen LogP contribution in [0.15, 0.2) is 42.7 Å². The molecule has 0 saturated carbocycles. The second-order valence-corrected chi connectivity index (χ2v) is 6.69. The Morgan fingerprint density at radius 1 is 1.22 bits per heavy atom. The third-order valence-corrected chi connectivity index (χ3v) is 4.89. The quantitative estimate of drug-likeness (QED) is 0.934. The van der Waals surface area contributed by atoms with Gasteiger partial charge in [0.25, 0.3) is 0 Å². The highest BCUT2D eigenvalue weighted by Crippen LogP contribution is 2.17. The van der Waals surface area contributed by atoms with Crippen molar-refractivity contribution in [3.05, 3.63) is 42.7 Å². The maximum Gasteiger partial charge on any atom is 0.242 e. The first kappa shape index (κ1) is 16.0. The summed E-state index contributed by atoms with van der Waals surface area (Å²) in [6, 6.07) is 9.37. The first-order valence-electron chi connectivity index (χ1n) is 7.74. The van der Waals surface area contributed by atoms with Crippen molar-refractivity contribution in [2.24, 2.45) is 0 Å². The second-order valence-electron chi connectivity index (χ2n) is 5.46. The molecule has 0 unspecified atom stereocenters. The summed E-state index contributed by atoms with van der Waals surface area (Å²) in [4.78, 5) is 23.2. The van der Waals surface area contributed by atoms with Crippen molar-refractivity contribution in [1.29, 1.82) is 0 Å². The highest BCUT2D eigenvalue weighted by atomic mass is 32.2. The van der Waals surface area contributed by atoms with Gasteiger partial charge in [0.05, 0.1) is 11.7 Å². The van der Waals surface area contributed by atoms with Crippen LogP contribution in [0.2, 0.25) is 0 Å². The lowest BCUT2D eigenvalue weighted by Crippen LogP contribution is -2.46. The summed E-state index contributed by atoms with van der Waals surface area (Å²) in [5, 5.41) is 2.90. The molecule has 0 aliphatic carbocycles. The SMILES string of the molecule is C[C@@H](C(=O)Nc1ccc(-c2ccccn2)cn1)N1CCSCC1. The van der Waals surface area contributed by atoms with E-state index in [1.165, 1.54) is 0 Å². The van der Waals surface area contributed by atoms with Gasteiger partial charge in [-0.1, -0.05) is 6.07 Å². The minimum Gasteiger partial charge on any atom is -0.309 e. The zero-order chi connectivity index (χ0) is 16.1. The van der Waals surface area contributed by atoms with Crippen molar-refractivity contribution >= 4 is 23.5 Å². The van der Waals surface area contributed by atoms with E-state index in [2.05, 4.69) is 20.2 Å². The van der Waals surface area contributed by atoms with E-state index in [1.54, 1.807) is 12.4 Å². The van der Waals surface area contributed by atoms with Gasteiger partial charge in [0.1, 0.15) is 5.82 Å². The van der Waals surface area contributed by atoms with E-state index in [1.807, 2.05) is 49.0 Å². The minimum absolute atomic E-state index is 0.00464. The number of nitrogens with zero attached hydrogens (tertiary/aromatic N) is 3. The summed E-state index contributed by atoms with van der Waals surface area (Å²) in [6.45, 7) is 3.88. The molecular formula is C17H20N4OS. The molecule has 23 heavy (non-hydrogen) atoms. The van der Waals surface area contributed by atoms with E-state index in [-0.39, 0.29) is 11.9 Å². The predicted octanol–water partition coefficient (Wildman–Crippen LogP) is 2.52.